The molecule has 1 N–H and O–H groups in total. The Morgan fingerprint density at radius 2 is 1.88 bits per heavy atom. The van der Waals surface area contributed by atoms with Crippen molar-refractivity contribution in [1.29, 1.82) is 0 Å². The maximum atomic E-state index is 12.7. The van der Waals surface area contributed by atoms with Gasteiger partial charge < -0.3 is 5.32 Å². The summed E-state index contributed by atoms with van der Waals surface area (Å²) in [4.78, 5) is 15.1. The summed E-state index contributed by atoms with van der Waals surface area (Å²) < 4.78 is 0. The van der Waals surface area contributed by atoms with Gasteiger partial charge in [0.25, 0.3) is 5.91 Å². The molecule has 3 aromatic rings. The molecule has 128 valence electrons. The van der Waals surface area contributed by atoms with Gasteiger partial charge in [0.15, 0.2) is 0 Å². The van der Waals surface area contributed by atoms with Crippen molar-refractivity contribution in [3.8, 4) is 0 Å². The molecule has 1 amide bonds. The highest BCUT2D eigenvalue weighted by atomic mass is 32.1. The van der Waals surface area contributed by atoms with Crippen molar-refractivity contribution in [2.24, 2.45) is 0 Å². The maximum Gasteiger partial charge on any atom is 0.251 e. The highest BCUT2D eigenvalue weighted by Gasteiger charge is 2.24. The van der Waals surface area contributed by atoms with Crippen molar-refractivity contribution in [2.75, 3.05) is 19.6 Å². The summed E-state index contributed by atoms with van der Waals surface area (Å²) in [6.07, 6.45) is 2.50. The molecular formula is C21H22N2OS. The molecule has 2 heterocycles. The van der Waals surface area contributed by atoms with Crippen molar-refractivity contribution < 1.29 is 4.79 Å². The zero-order valence-electron chi connectivity index (χ0n) is 14.2. The summed E-state index contributed by atoms with van der Waals surface area (Å²) in [6.45, 7) is 2.89. The fraction of sp³-hybridized carbons (Fsp3) is 0.286. The van der Waals surface area contributed by atoms with Crippen LogP contribution in [-0.2, 0) is 0 Å². The fourth-order valence-electron chi connectivity index (χ4n) is 3.60. The number of thiophene rings is 1. The third-order valence-corrected chi connectivity index (χ3v) is 5.68. The molecule has 0 saturated carbocycles. The van der Waals surface area contributed by atoms with Crippen molar-refractivity contribution in [2.45, 2.75) is 18.9 Å². The molecule has 1 aromatic heterocycles. The highest BCUT2D eigenvalue weighted by Crippen LogP contribution is 2.26. The lowest BCUT2D eigenvalue weighted by Gasteiger charge is -2.27. The Hall–Kier alpha value is -2.17. The molecule has 2 aromatic carbocycles. The normalized spacial score (nSPS) is 16.2. The maximum absolute atomic E-state index is 12.7. The first-order valence-electron chi connectivity index (χ1n) is 8.84. The van der Waals surface area contributed by atoms with Gasteiger partial charge in [-0.25, -0.2) is 0 Å². The predicted octanol–water partition coefficient (Wildman–Crippen LogP) is 4.47. The van der Waals surface area contributed by atoms with E-state index in [2.05, 4.69) is 33.1 Å². The van der Waals surface area contributed by atoms with Crippen molar-refractivity contribution in [1.82, 2.24) is 10.2 Å². The summed E-state index contributed by atoms with van der Waals surface area (Å²) in [5, 5.41) is 9.73. The molecule has 25 heavy (non-hydrogen) atoms. The molecule has 1 aliphatic heterocycles. The van der Waals surface area contributed by atoms with E-state index in [-0.39, 0.29) is 11.9 Å². The van der Waals surface area contributed by atoms with Crippen LogP contribution in [0.1, 0.15) is 34.8 Å². The van der Waals surface area contributed by atoms with E-state index in [0.29, 0.717) is 6.54 Å². The number of rotatable bonds is 5. The highest BCUT2D eigenvalue weighted by molar-refractivity contribution is 7.07. The summed E-state index contributed by atoms with van der Waals surface area (Å²) in [6, 6.07) is 16.5. The molecule has 1 atom stereocenters. The topological polar surface area (TPSA) is 32.3 Å². The van der Waals surface area contributed by atoms with Crippen LogP contribution in [0.5, 0.6) is 0 Å². The molecule has 0 bridgehead atoms. The van der Waals surface area contributed by atoms with Crippen LogP contribution in [0.3, 0.4) is 0 Å². The van der Waals surface area contributed by atoms with Gasteiger partial charge in [-0.05, 0) is 71.2 Å². The Morgan fingerprint density at radius 3 is 2.64 bits per heavy atom. The van der Waals surface area contributed by atoms with E-state index in [0.717, 1.165) is 29.4 Å². The van der Waals surface area contributed by atoms with Crippen LogP contribution in [0.25, 0.3) is 10.8 Å². The van der Waals surface area contributed by atoms with Crippen LogP contribution in [-0.4, -0.2) is 30.4 Å². The lowest BCUT2D eigenvalue weighted by Crippen LogP contribution is -2.36. The molecule has 3 nitrogen and oxygen atoms in total. The second-order valence-electron chi connectivity index (χ2n) is 6.59. The van der Waals surface area contributed by atoms with E-state index >= 15 is 0 Å². The van der Waals surface area contributed by atoms with Crippen LogP contribution >= 0.6 is 11.3 Å². The number of amides is 1. The Bertz CT molecular complexity index is 853. The standard InChI is InChI=1S/C21H22N2OS/c24-21(18-8-7-16-5-1-2-6-17(16)13-18)22-14-20(19-9-12-25-15-19)23-10-3-4-11-23/h1-2,5-9,12-13,15,20H,3-4,10-11,14H2,(H,22,24)/t20-/m0/s1. The van der Waals surface area contributed by atoms with Crippen molar-refractivity contribution in [3.05, 3.63) is 70.4 Å². The largest absolute Gasteiger partial charge is 0.350 e. The number of hydrogen-bond acceptors (Lipinski definition) is 3. The molecule has 1 aliphatic rings. The second kappa shape index (κ2) is 7.38. The summed E-state index contributed by atoms with van der Waals surface area (Å²) >= 11 is 1.72. The van der Waals surface area contributed by atoms with Gasteiger partial charge in [-0.3, -0.25) is 9.69 Å². The summed E-state index contributed by atoms with van der Waals surface area (Å²) in [5.74, 6) is 0.00480. The monoisotopic (exact) mass is 350 g/mol. The molecule has 1 fully saturated rings. The minimum Gasteiger partial charge on any atom is -0.350 e. The van der Waals surface area contributed by atoms with Crippen molar-refractivity contribution >= 4 is 28.0 Å². The number of nitrogens with one attached hydrogen (secondary N) is 1. The zero-order valence-corrected chi connectivity index (χ0v) is 15.0. The second-order valence-corrected chi connectivity index (χ2v) is 7.37. The van der Waals surface area contributed by atoms with Crippen LogP contribution in [0, 0.1) is 0 Å². The Morgan fingerprint density at radius 1 is 1.08 bits per heavy atom. The smallest absolute Gasteiger partial charge is 0.251 e. The third-order valence-electron chi connectivity index (χ3n) is 4.98. The van der Waals surface area contributed by atoms with Gasteiger partial charge in [0.1, 0.15) is 0 Å². The summed E-state index contributed by atoms with van der Waals surface area (Å²) in [5.41, 5.74) is 2.04. The first-order valence-corrected chi connectivity index (χ1v) is 9.79. The number of hydrogen-bond donors (Lipinski definition) is 1. The number of likely N-dealkylation sites (tertiary alicyclic amines) is 1. The van der Waals surface area contributed by atoms with Gasteiger partial charge in [-0.2, -0.15) is 11.3 Å². The molecule has 0 radical (unpaired) electrons. The Balaban J connectivity index is 1.48. The van der Waals surface area contributed by atoms with E-state index in [4.69, 9.17) is 0 Å². The third kappa shape index (κ3) is 3.60. The van der Waals surface area contributed by atoms with E-state index in [1.165, 1.54) is 18.4 Å². The quantitative estimate of drug-likeness (QED) is 0.736. The van der Waals surface area contributed by atoms with Crippen LogP contribution in [0.4, 0.5) is 0 Å². The minimum absolute atomic E-state index is 0.00480. The molecule has 0 aliphatic carbocycles. The van der Waals surface area contributed by atoms with Crippen LogP contribution < -0.4 is 5.32 Å². The number of carbonyl (C=O) groups excluding carboxylic acids is 1. The predicted molar refractivity (Wildman–Crippen MR) is 104 cm³/mol. The van der Waals surface area contributed by atoms with Crippen LogP contribution in [0.15, 0.2) is 59.3 Å². The van der Waals surface area contributed by atoms with Gasteiger partial charge in [0.2, 0.25) is 0 Å². The van der Waals surface area contributed by atoms with E-state index in [9.17, 15) is 4.79 Å². The van der Waals surface area contributed by atoms with Gasteiger partial charge in [0.05, 0.1) is 6.04 Å². The fourth-order valence-corrected chi connectivity index (χ4v) is 4.30. The van der Waals surface area contributed by atoms with E-state index < -0.39 is 0 Å². The average molecular weight is 350 g/mol. The number of benzene rings is 2. The molecule has 4 rings (SSSR count). The van der Waals surface area contributed by atoms with Gasteiger partial charge in [0, 0.05) is 12.1 Å². The Kier molecular flexibility index (Phi) is 4.81. The van der Waals surface area contributed by atoms with E-state index in [1.807, 2.05) is 36.4 Å². The van der Waals surface area contributed by atoms with Gasteiger partial charge >= 0.3 is 0 Å². The molecule has 4 heteroatoms. The molecular weight excluding hydrogens is 328 g/mol. The minimum atomic E-state index is 0.00480. The Labute approximate surface area is 152 Å². The first kappa shape index (κ1) is 16.3. The van der Waals surface area contributed by atoms with E-state index in [1.54, 1.807) is 11.3 Å². The zero-order chi connectivity index (χ0) is 17.1. The van der Waals surface area contributed by atoms with Gasteiger partial charge in [-0.15, -0.1) is 0 Å². The van der Waals surface area contributed by atoms with Gasteiger partial charge in [-0.1, -0.05) is 30.3 Å². The number of nitrogens with zero attached hydrogens (tertiary/aromatic N) is 1. The number of carbonyl (C=O) groups is 1. The molecule has 1 saturated heterocycles. The van der Waals surface area contributed by atoms with Crippen LogP contribution in [0.2, 0.25) is 0 Å². The summed E-state index contributed by atoms with van der Waals surface area (Å²) in [7, 11) is 0. The van der Waals surface area contributed by atoms with Crippen molar-refractivity contribution in [3.63, 3.8) is 0 Å². The average Bonchev–Trinajstić information content (AvgIpc) is 3.36. The lowest BCUT2D eigenvalue weighted by molar-refractivity contribution is 0.0938. The SMILES string of the molecule is O=C(NC[C@@H](c1ccsc1)N1CCCC1)c1ccc2ccccc2c1. The molecule has 0 unspecified atom stereocenters. The number of fused-ring (bicyclic) bond motifs is 1. The lowest BCUT2D eigenvalue weighted by atomic mass is 10.1. The molecule has 0 spiro atoms. The first-order chi connectivity index (χ1) is 12.3.